The summed E-state index contributed by atoms with van der Waals surface area (Å²) < 4.78 is 0. The van der Waals surface area contributed by atoms with Crippen molar-refractivity contribution in [1.29, 1.82) is 0 Å². The molecule has 0 aliphatic heterocycles. The minimum Gasteiger partial charge on any atom is -0.395 e. The third-order valence-corrected chi connectivity index (χ3v) is 4.76. The summed E-state index contributed by atoms with van der Waals surface area (Å²) in [4.78, 5) is 8.05. The van der Waals surface area contributed by atoms with Gasteiger partial charge in [-0.3, -0.25) is 0 Å². The monoisotopic (exact) mass is 234 g/mol. The molecule has 2 fully saturated rings. The molecule has 0 aromatic carbocycles. The molecule has 1 aromatic rings. The number of aromatic nitrogens is 2. The molecule has 2 saturated carbocycles. The number of aliphatic hydroxyl groups excluding tert-OH is 1. The summed E-state index contributed by atoms with van der Waals surface area (Å²) in [5.41, 5.74) is 1.27. The Morgan fingerprint density at radius 2 is 2.00 bits per heavy atom. The first-order valence-corrected chi connectivity index (χ1v) is 7.00. The van der Waals surface area contributed by atoms with Gasteiger partial charge in [0.1, 0.15) is 5.82 Å². The molecular formula is C14H22N2O. The molecule has 0 bridgehead atoms. The van der Waals surface area contributed by atoms with Crippen LogP contribution in [0.3, 0.4) is 0 Å². The smallest absolute Gasteiger partial charge is 0.114 e. The predicted octanol–water partition coefficient (Wildman–Crippen LogP) is 2.87. The van der Waals surface area contributed by atoms with Crippen molar-refractivity contribution in [2.75, 3.05) is 6.61 Å². The Balaban J connectivity index is 1.77. The molecule has 1 aromatic heterocycles. The van der Waals surface area contributed by atoms with Gasteiger partial charge < -0.3 is 10.1 Å². The molecule has 2 aliphatic rings. The van der Waals surface area contributed by atoms with Gasteiger partial charge in [-0.05, 0) is 25.7 Å². The van der Waals surface area contributed by atoms with Crippen molar-refractivity contribution in [2.45, 2.75) is 62.7 Å². The largest absolute Gasteiger partial charge is 0.395 e. The highest BCUT2D eigenvalue weighted by Gasteiger charge is 2.40. The molecule has 3 rings (SSSR count). The highest BCUT2D eigenvalue weighted by atomic mass is 16.3. The fourth-order valence-corrected chi connectivity index (χ4v) is 3.30. The van der Waals surface area contributed by atoms with E-state index < -0.39 is 0 Å². The van der Waals surface area contributed by atoms with Crippen LogP contribution in [0.15, 0.2) is 6.20 Å². The summed E-state index contributed by atoms with van der Waals surface area (Å²) in [6, 6.07) is 0. The lowest BCUT2D eigenvalue weighted by Gasteiger charge is -2.38. The van der Waals surface area contributed by atoms with Gasteiger partial charge in [-0.25, -0.2) is 4.98 Å². The fraction of sp³-hybridized carbons (Fsp3) is 0.786. The Kier molecular flexibility index (Phi) is 2.95. The van der Waals surface area contributed by atoms with Crippen molar-refractivity contribution in [3.63, 3.8) is 0 Å². The van der Waals surface area contributed by atoms with Crippen LogP contribution in [-0.2, 0) is 5.41 Å². The van der Waals surface area contributed by atoms with E-state index in [2.05, 4.69) is 9.97 Å². The van der Waals surface area contributed by atoms with Gasteiger partial charge in [0.15, 0.2) is 0 Å². The maximum absolute atomic E-state index is 9.55. The first-order valence-electron chi connectivity index (χ1n) is 7.00. The van der Waals surface area contributed by atoms with Crippen LogP contribution in [0, 0.1) is 0 Å². The second kappa shape index (κ2) is 4.45. The van der Waals surface area contributed by atoms with Crippen LogP contribution in [0.4, 0.5) is 0 Å². The summed E-state index contributed by atoms with van der Waals surface area (Å²) in [5.74, 6) is 1.72. The fourth-order valence-electron chi connectivity index (χ4n) is 3.30. The van der Waals surface area contributed by atoms with Crippen molar-refractivity contribution in [2.24, 2.45) is 0 Å². The zero-order chi connectivity index (χ0) is 11.7. The van der Waals surface area contributed by atoms with Crippen LogP contribution < -0.4 is 0 Å². The zero-order valence-corrected chi connectivity index (χ0v) is 10.4. The van der Waals surface area contributed by atoms with Gasteiger partial charge in [-0.15, -0.1) is 0 Å². The predicted molar refractivity (Wildman–Crippen MR) is 67.0 cm³/mol. The molecule has 0 radical (unpaired) electrons. The molecule has 0 atom stereocenters. The first-order chi connectivity index (χ1) is 8.34. The zero-order valence-electron chi connectivity index (χ0n) is 10.4. The number of aliphatic hydroxyl groups is 1. The molecule has 3 heteroatoms. The summed E-state index contributed by atoms with van der Waals surface area (Å²) in [6.07, 6.45) is 12.1. The molecule has 2 aliphatic carbocycles. The molecule has 1 heterocycles. The maximum Gasteiger partial charge on any atom is 0.114 e. The van der Waals surface area contributed by atoms with Crippen molar-refractivity contribution in [3.8, 4) is 0 Å². The third kappa shape index (κ3) is 1.90. The third-order valence-electron chi connectivity index (χ3n) is 4.76. The quantitative estimate of drug-likeness (QED) is 0.845. The maximum atomic E-state index is 9.55. The van der Waals surface area contributed by atoms with Gasteiger partial charge in [0.25, 0.3) is 0 Å². The van der Waals surface area contributed by atoms with E-state index in [0.29, 0.717) is 5.92 Å². The number of aromatic amines is 1. The van der Waals surface area contributed by atoms with Gasteiger partial charge in [0.05, 0.1) is 12.0 Å². The summed E-state index contributed by atoms with van der Waals surface area (Å²) in [5, 5.41) is 9.55. The van der Waals surface area contributed by atoms with Gasteiger partial charge in [0.2, 0.25) is 0 Å². The molecule has 0 amide bonds. The minimum atomic E-state index is -0.0348. The summed E-state index contributed by atoms with van der Waals surface area (Å²) in [6.45, 7) is 0.241. The van der Waals surface area contributed by atoms with Crippen LogP contribution in [0.1, 0.15) is 68.8 Å². The average molecular weight is 234 g/mol. The number of hydrogen-bond donors (Lipinski definition) is 2. The van der Waals surface area contributed by atoms with Gasteiger partial charge in [0, 0.05) is 17.8 Å². The van der Waals surface area contributed by atoms with E-state index in [4.69, 9.17) is 0 Å². The second-order valence-electron chi connectivity index (χ2n) is 5.81. The standard InChI is InChI=1S/C14H22N2O/c17-10-14(7-4-8-14)13-15-9-12(16-13)11-5-2-1-3-6-11/h9,11,17H,1-8,10H2,(H,15,16). The SMILES string of the molecule is OCC1(c2ncc(C3CCCCC3)[nH]2)CCC1. The number of nitrogens with zero attached hydrogens (tertiary/aromatic N) is 1. The van der Waals surface area contributed by atoms with Crippen LogP contribution in [0.5, 0.6) is 0 Å². The van der Waals surface area contributed by atoms with Gasteiger partial charge >= 0.3 is 0 Å². The van der Waals surface area contributed by atoms with E-state index in [-0.39, 0.29) is 12.0 Å². The Hall–Kier alpha value is -0.830. The number of H-pyrrole nitrogens is 1. The highest BCUT2D eigenvalue weighted by molar-refractivity contribution is 5.18. The van der Waals surface area contributed by atoms with Crippen molar-refractivity contribution >= 4 is 0 Å². The van der Waals surface area contributed by atoms with Crippen LogP contribution in [0.25, 0.3) is 0 Å². The highest BCUT2D eigenvalue weighted by Crippen LogP contribution is 2.42. The number of hydrogen-bond acceptors (Lipinski definition) is 2. The van der Waals surface area contributed by atoms with Crippen molar-refractivity contribution in [1.82, 2.24) is 9.97 Å². The Morgan fingerprint density at radius 3 is 2.59 bits per heavy atom. The lowest BCUT2D eigenvalue weighted by molar-refractivity contribution is 0.113. The summed E-state index contributed by atoms with van der Waals surface area (Å²) in [7, 11) is 0. The average Bonchev–Trinajstić information content (AvgIpc) is 2.80. The van der Waals surface area contributed by atoms with E-state index >= 15 is 0 Å². The topological polar surface area (TPSA) is 48.9 Å². The molecule has 0 spiro atoms. The number of rotatable bonds is 3. The molecule has 0 unspecified atom stereocenters. The van der Waals surface area contributed by atoms with E-state index in [1.807, 2.05) is 6.20 Å². The molecule has 2 N–H and O–H groups in total. The summed E-state index contributed by atoms with van der Waals surface area (Å²) >= 11 is 0. The Bertz CT molecular complexity index is 370. The van der Waals surface area contributed by atoms with Crippen LogP contribution in [-0.4, -0.2) is 21.7 Å². The minimum absolute atomic E-state index is 0.0348. The number of nitrogens with one attached hydrogen (secondary N) is 1. The number of imidazole rings is 1. The lowest BCUT2D eigenvalue weighted by atomic mass is 9.69. The molecule has 94 valence electrons. The molecule has 0 saturated heterocycles. The van der Waals surface area contributed by atoms with Crippen molar-refractivity contribution in [3.05, 3.63) is 17.7 Å². The molecule has 3 nitrogen and oxygen atoms in total. The van der Waals surface area contributed by atoms with Crippen LogP contribution in [0.2, 0.25) is 0 Å². The first kappa shape index (κ1) is 11.3. The van der Waals surface area contributed by atoms with E-state index in [9.17, 15) is 5.11 Å². The van der Waals surface area contributed by atoms with E-state index in [1.54, 1.807) is 0 Å². The normalized spacial score (nSPS) is 24.5. The van der Waals surface area contributed by atoms with Gasteiger partial charge in [-0.1, -0.05) is 25.7 Å². The van der Waals surface area contributed by atoms with Crippen LogP contribution >= 0.6 is 0 Å². The van der Waals surface area contributed by atoms with Crippen molar-refractivity contribution < 1.29 is 5.11 Å². The second-order valence-corrected chi connectivity index (χ2v) is 5.81. The Labute approximate surface area is 103 Å². The molecular weight excluding hydrogens is 212 g/mol. The van der Waals surface area contributed by atoms with E-state index in [1.165, 1.54) is 44.2 Å². The van der Waals surface area contributed by atoms with E-state index in [0.717, 1.165) is 18.7 Å². The Morgan fingerprint density at radius 1 is 1.24 bits per heavy atom. The lowest BCUT2D eigenvalue weighted by Crippen LogP contribution is -2.39. The molecule has 17 heavy (non-hydrogen) atoms. The van der Waals surface area contributed by atoms with Gasteiger partial charge in [-0.2, -0.15) is 0 Å².